The highest BCUT2D eigenvalue weighted by Crippen LogP contribution is 2.45. The number of halogens is 1. The van der Waals surface area contributed by atoms with Crippen molar-refractivity contribution in [1.82, 2.24) is 15.3 Å². The van der Waals surface area contributed by atoms with Crippen molar-refractivity contribution < 1.29 is 9.18 Å². The fourth-order valence-electron chi connectivity index (χ4n) is 4.99. The van der Waals surface area contributed by atoms with Crippen LogP contribution in [0.3, 0.4) is 0 Å². The number of aromatic nitrogens is 2. The third-order valence-electron chi connectivity index (χ3n) is 7.12. The van der Waals surface area contributed by atoms with Gasteiger partial charge in [0.15, 0.2) is 5.43 Å². The summed E-state index contributed by atoms with van der Waals surface area (Å²) in [5.41, 5.74) is 1.16. The van der Waals surface area contributed by atoms with Crippen molar-refractivity contribution in [2.45, 2.75) is 37.6 Å². The van der Waals surface area contributed by atoms with E-state index in [-0.39, 0.29) is 16.4 Å². The molecule has 3 heterocycles. The van der Waals surface area contributed by atoms with Crippen LogP contribution in [0, 0.1) is 5.82 Å². The monoisotopic (exact) mass is 456 g/mol. The Bertz CT molecular complexity index is 1470. The van der Waals surface area contributed by atoms with Crippen LogP contribution in [0.5, 0.6) is 0 Å². The zero-order valence-corrected chi connectivity index (χ0v) is 18.7. The molecule has 6 nitrogen and oxygen atoms in total. The van der Waals surface area contributed by atoms with Crippen LogP contribution in [0.15, 0.2) is 59.5 Å². The van der Waals surface area contributed by atoms with Crippen LogP contribution < -0.4 is 15.6 Å². The fraction of sp³-hybridized carbons (Fsp3) is 0.296. The number of para-hydroxylation sites is 1. The molecule has 1 saturated carbocycles. The van der Waals surface area contributed by atoms with Gasteiger partial charge in [-0.05, 0) is 68.0 Å². The Labute approximate surface area is 195 Å². The molecule has 6 rings (SSSR count). The number of hydrogen-bond acceptors (Lipinski definition) is 4. The van der Waals surface area contributed by atoms with Crippen molar-refractivity contribution in [3.8, 4) is 0 Å². The van der Waals surface area contributed by atoms with Gasteiger partial charge in [0.2, 0.25) is 0 Å². The van der Waals surface area contributed by atoms with Crippen LogP contribution >= 0.6 is 0 Å². The Morgan fingerprint density at radius 1 is 1.00 bits per heavy atom. The van der Waals surface area contributed by atoms with Crippen molar-refractivity contribution in [2.75, 3.05) is 18.0 Å². The molecule has 34 heavy (non-hydrogen) atoms. The van der Waals surface area contributed by atoms with Crippen LogP contribution in [-0.2, 0) is 5.54 Å². The third kappa shape index (κ3) is 3.52. The lowest BCUT2D eigenvalue weighted by Crippen LogP contribution is -2.35. The number of aromatic amines is 1. The molecule has 2 aromatic heterocycles. The van der Waals surface area contributed by atoms with Gasteiger partial charge in [0.1, 0.15) is 11.6 Å². The molecule has 1 aliphatic heterocycles. The fourth-order valence-corrected chi connectivity index (χ4v) is 4.99. The van der Waals surface area contributed by atoms with Gasteiger partial charge in [0.25, 0.3) is 5.91 Å². The Kier molecular flexibility index (Phi) is 4.86. The third-order valence-corrected chi connectivity index (χ3v) is 7.12. The molecule has 172 valence electrons. The molecule has 2 fully saturated rings. The molecule has 2 N–H and O–H groups in total. The second-order valence-electron chi connectivity index (χ2n) is 9.37. The molecule has 2 aromatic carbocycles. The number of nitrogens with zero attached hydrogens (tertiary/aromatic N) is 2. The zero-order valence-electron chi connectivity index (χ0n) is 18.7. The van der Waals surface area contributed by atoms with E-state index in [0.717, 1.165) is 43.4 Å². The maximum atomic E-state index is 15.0. The number of piperidine rings is 1. The molecule has 7 heteroatoms. The van der Waals surface area contributed by atoms with Crippen LogP contribution in [0.4, 0.5) is 10.2 Å². The van der Waals surface area contributed by atoms with Gasteiger partial charge < -0.3 is 15.2 Å². The predicted octanol–water partition coefficient (Wildman–Crippen LogP) is 4.62. The summed E-state index contributed by atoms with van der Waals surface area (Å²) < 4.78 is 15.0. The summed E-state index contributed by atoms with van der Waals surface area (Å²) in [4.78, 5) is 36.0. The van der Waals surface area contributed by atoms with Crippen molar-refractivity contribution in [3.63, 3.8) is 0 Å². The minimum absolute atomic E-state index is 0.0809. The minimum atomic E-state index is -0.708. The summed E-state index contributed by atoms with van der Waals surface area (Å²) in [6, 6.07) is 13.7. The van der Waals surface area contributed by atoms with E-state index in [1.807, 2.05) is 24.4 Å². The second kappa shape index (κ2) is 7.94. The number of carbonyl (C=O) groups excluding carboxylic acids is 1. The lowest BCUT2D eigenvalue weighted by Gasteiger charge is -2.28. The van der Waals surface area contributed by atoms with E-state index in [1.54, 1.807) is 18.2 Å². The number of hydrogen-bond donors (Lipinski definition) is 2. The Morgan fingerprint density at radius 2 is 1.79 bits per heavy atom. The topological polar surface area (TPSA) is 78.1 Å². The van der Waals surface area contributed by atoms with Gasteiger partial charge in [-0.3, -0.25) is 9.59 Å². The minimum Gasteiger partial charge on any atom is -0.357 e. The Morgan fingerprint density at radius 3 is 2.53 bits per heavy atom. The van der Waals surface area contributed by atoms with Crippen molar-refractivity contribution in [3.05, 3.63) is 81.9 Å². The Hall–Kier alpha value is -3.74. The number of carbonyl (C=O) groups is 1. The average Bonchev–Trinajstić information content (AvgIpc) is 3.65. The van der Waals surface area contributed by atoms with E-state index in [0.29, 0.717) is 16.4 Å². The first-order valence-electron chi connectivity index (χ1n) is 11.8. The molecule has 2 aliphatic rings. The predicted molar refractivity (Wildman–Crippen MR) is 131 cm³/mol. The van der Waals surface area contributed by atoms with Gasteiger partial charge in [-0.25, -0.2) is 9.37 Å². The normalized spacial score (nSPS) is 17.1. The quantitative estimate of drug-likeness (QED) is 0.439. The van der Waals surface area contributed by atoms with Crippen LogP contribution in [0.25, 0.3) is 21.8 Å². The van der Waals surface area contributed by atoms with Gasteiger partial charge in [-0.1, -0.05) is 18.2 Å². The first-order valence-corrected chi connectivity index (χ1v) is 11.8. The van der Waals surface area contributed by atoms with Crippen LogP contribution in [0.2, 0.25) is 0 Å². The lowest BCUT2D eigenvalue weighted by atomic mass is 10.0. The molecule has 1 saturated heterocycles. The number of pyridine rings is 2. The van der Waals surface area contributed by atoms with Crippen molar-refractivity contribution in [2.24, 2.45) is 0 Å². The molecule has 0 radical (unpaired) electrons. The van der Waals surface area contributed by atoms with Crippen LogP contribution in [0.1, 0.15) is 48.0 Å². The summed E-state index contributed by atoms with van der Waals surface area (Å²) in [5, 5.41) is 3.75. The number of benzene rings is 2. The standard InChI is InChI=1S/C27H25FN4O2/c28-21-14-20-23(30-22-7-3-2-6-18(22)25(20)33)15-19(21)26(34)31-27(10-11-27)17-8-9-24(29-16-17)32-12-4-1-5-13-32/h2-3,6-9,14-16H,1,4-5,10-13H2,(H,30,33)(H,31,34). The van der Waals surface area contributed by atoms with E-state index < -0.39 is 17.3 Å². The largest absolute Gasteiger partial charge is 0.357 e. The first kappa shape index (κ1) is 20.8. The summed E-state index contributed by atoms with van der Waals surface area (Å²) in [6.07, 6.45) is 7.01. The number of H-pyrrole nitrogens is 1. The van der Waals surface area contributed by atoms with Crippen molar-refractivity contribution >= 4 is 33.5 Å². The second-order valence-corrected chi connectivity index (χ2v) is 9.37. The van der Waals surface area contributed by atoms with Crippen LogP contribution in [-0.4, -0.2) is 29.0 Å². The highest BCUT2D eigenvalue weighted by Gasteiger charge is 2.46. The molecule has 0 spiro atoms. The molecule has 1 amide bonds. The van der Waals surface area contributed by atoms with Gasteiger partial charge in [-0.15, -0.1) is 0 Å². The molecule has 0 unspecified atom stereocenters. The molecule has 1 aliphatic carbocycles. The number of amides is 1. The van der Waals surface area contributed by atoms with E-state index in [2.05, 4.69) is 20.2 Å². The van der Waals surface area contributed by atoms with E-state index in [1.165, 1.54) is 25.3 Å². The number of nitrogens with one attached hydrogen (secondary N) is 2. The highest BCUT2D eigenvalue weighted by molar-refractivity contribution is 6.00. The van der Waals surface area contributed by atoms with E-state index in [4.69, 9.17) is 0 Å². The molecular formula is C27H25FN4O2. The number of rotatable bonds is 4. The highest BCUT2D eigenvalue weighted by atomic mass is 19.1. The summed E-state index contributed by atoms with van der Waals surface area (Å²) >= 11 is 0. The zero-order chi connectivity index (χ0) is 23.3. The SMILES string of the molecule is O=C(NC1(c2ccc(N3CCCCC3)nc2)CC1)c1cc2[nH]c3ccccc3c(=O)c2cc1F. The number of anilines is 1. The summed E-state index contributed by atoms with van der Waals surface area (Å²) in [7, 11) is 0. The maximum Gasteiger partial charge on any atom is 0.255 e. The average molecular weight is 457 g/mol. The maximum absolute atomic E-state index is 15.0. The van der Waals surface area contributed by atoms with Crippen molar-refractivity contribution in [1.29, 1.82) is 0 Å². The summed E-state index contributed by atoms with van der Waals surface area (Å²) in [6.45, 7) is 2.04. The smallest absolute Gasteiger partial charge is 0.255 e. The lowest BCUT2D eigenvalue weighted by molar-refractivity contribution is 0.0927. The van der Waals surface area contributed by atoms with E-state index >= 15 is 0 Å². The first-order chi connectivity index (χ1) is 16.5. The summed E-state index contributed by atoms with van der Waals surface area (Å²) in [5.74, 6) is -0.242. The Balaban J connectivity index is 1.28. The van der Waals surface area contributed by atoms with E-state index in [9.17, 15) is 14.0 Å². The van der Waals surface area contributed by atoms with Gasteiger partial charge >= 0.3 is 0 Å². The number of fused-ring (bicyclic) bond motifs is 2. The van der Waals surface area contributed by atoms with Gasteiger partial charge in [0, 0.05) is 35.6 Å². The molecule has 0 atom stereocenters. The van der Waals surface area contributed by atoms with Gasteiger partial charge in [0.05, 0.1) is 16.6 Å². The molecule has 0 bridgehead atoms. The molecule has 4 aromatic rings. The van der Waals surface area contributed by atoms with Gasteiger partial charge in [-0.2, -0.15) is 0 Å². The molecular weight excluding hydrogens is 431 g/mol.